The first-order chi connectivity index (χ1) is 7.87. The van der Waals surface area contributed by atoms with Gasteiger partial charge < -0.3 is 4.74 Å². The topological polar surface area (TPSA) is 43.4 Å². The highest BCUT2D eigenvalue weighted by Gasteiger charge is 2.62. The molecule has 1 saturated carbocycles. The van der Waals surface area contributed by atoms with Crippen LogP contribution in [0.5, 0.6) is 0 Å². The lowest BCUT2D eigenvalue weighted by atomic mass is 9.48. The minimum absolute atomic E-state index is 0.0434. The fourth-order valence-electron chi connectivity index (χ4n) is 3.15. The standard InChI is InChI=1S/C14H24O3/c1-6-13(7-2)8-14(9-13,12(16)17-5)11(15)10(3)4/h10H,6-9H2,1-5H3. The molecule has 98 valence electrons. The number of methoxy groups -OCH3 is 1. The van der Waals surface area contributed by atoms with E-state index in [1.807, 2.05) is 13.8 Å². The highest BCUT2D eigenvalue weighted by atomic mass is 16.5. The summed E-state index contributed by atoms with van der Waals surface area (Å²) in [5.74, 6) is -0.406. The lowest BCUT2D eigenvalue weighted by Gasteiger charge is -2.53. The highest BCUT2D eigenvalue weighted by Crippen LogP contribution is 2.59. The molecule has 0 atom stereocenters. The van der Waals surface area contributed by atoms with Crippen LogP contribution in [0.3, 0.4) is 0 Å². The summed E-state index contributed by atoms with van der Waals surface area (Å²) in [6.07, 6.45) is 3.37. The number of hydrogen-bond acceptors (Lipinski definition) is 3. The smallest absolute Gasteiger partial charge is 0.319 e. The summed E-state index contributed by atoms with van der Waals surface area (Å²) < 4.78 is 4.85. The molecule has 0 spiro atoms. The van der Waals surface area contributed by atoms with Crippen molar-refractivity contribution in [2.45, 2.75) is 53.4 Å². The third kappa shape index (κ3) is 2.12. The van der Waals surface area contributed by atoms with Crippen LogP contribution in [0.25, 0.3) is 0 Å². The van der Waals surface area contributed by atoms with Gasteiger partial charge in [0.1, 0.15) is 5.41 Å². The van der Waals surface area contributed by atoms with E-state index in [4.69, 9.17) is 4.74 Å². The molecule has 1 aliphatic rings. The molecule has 0 amide bonds. The van der Waals surface area contributed by atoms with Crippen LogP contribution in [0.2, 0.25) is 0 Å². The average Bonchev–Trinajstić information content (AvgIpc) is 2.28. The summed E-state index contributed by atoms with van der Waals surface area (Å²) in [4.78, 5) is 24.2. The Morgan fingerprint density at radius 1 is 1.18 bits per heavy atom. The van der Waals surface area contributed by atoms with Gasteiger partial charge >= 0.3 is 5.97 Å². The monoisotopic (exact) mass is 240 g/mol. The van der Waals surface area contributed by atoms with E-state index in [0.29, 0.717) is 12.8 Å². The van der Waals surface area contributed by atoms with Gasteiger partial charge in [-0.15, -0.1) is 0 Å². The number of ketones is 1. The summed E-state index contributed by atoms with van der Waals surface area (Å²) in [6.45, 7) is 7.96. The zero-order valence-electron chi connectivity index (χ0n) is 11.6. The molecule has 3 heteroatoms. The molecule has 0 heterocycles. The summed E-state index contributed by atoms with van der Waals surface area (Å²) in [7, 11) is 1.37. The molecular formula is C14H24O3. The highest BCUT2D eigenvalue weighted by molar-refractivity contribution is 6.05. The Bertz CT molecular complexity index is 305. The molecule has 0 aromatic heterocycles. The number of rotatable bonds is 5. The maximum atomic E-state index is 12.3. The van der Waals surface area contributed by atoms with Gasteiger partial charge in [-0.1, -0.05) is 40.5 Å². The lowest BCUT2D eigenvalue weighted by molar-refractivity contribution is -0.177. The Hall–Kier alpha value is -0.860. The van der Waals surface area contributed by atoms with Crippen molar-refractivity contribution in [3.05, 3.63) is 0 Å². The summed E-state index contributed by atoms with van der Waals surface area (Å²) in [5, 5.41) is 0. The maximum absolute atomic E-state index is 12.3. The van der Waals surface area contributed by atoms with Crippen LogP contribution in [0, 0.1) is 16.7 Å². The maximum Gasteiger partial charge on any atom is 0.319 e. The molecule has 0 N–H and O–H groups in total. The van der Waals surface area contributed by atoms with Crippen LogP contribution in [0.15, 0.2) is 0 Å². The van der Waals surface area contributed by atoms with E-state index in [9.17, 15) is 9.59 Å². The molecule has 1 rings (SSSR count). The van der Waals surface area contributed by atoms with Gasteiger partial charge in [0.2, 0.25) is 0 Å². The van der Waals surface area contributed by atoms with Crippen LogP contribution in [0.4, 0.5) is 0 Å². The average molecular weight is 240 g/mol. The third-order valence-electron chi connectivity index (χ3n) is 4.43. The van der Waals surface area contributed by atoms with Gasteiger partial charge in [-0.2, -0.15) is 0 Å². The van der Waals surface area contributed by atoms with Gasteiger partial charge in [0.15, 0.2) is 5.78 Å². The van der Waals surface area contributed by atoms with Gasteiger partial charge in [0, 0.05) is 5.92 Å². The van der Waals surface area contributed by atoms with Crippen LogP contribution in [-0.2, 0) is 14.3 Å². The summed E-state index contributed by atoms with van der Waals surface area (Å²) >= 11 is 0. The molecule has 0 saturated heterocycles. The van der Waals surface area contributed by atoms with Gasteiger partial charge in [-0.25, -0.2) is 0 Å². The van der Waals surface area contributed by atoms with E-state index < -0.39 is 5.41 Å². The second kappa shape index (κ2) is 4.79. The van der Waals surface area contributed by atoms with E-state index in [-0.39, 0.29) is 23.1 Å². The molecule has 0 aromatic carbocycles. The Morgan fingerprint density at radius 3 is 1.94 bits per heavy atom. The predicted molar refractivity (Wildman–Crippen MR) is 66.5 cm³/mol. The predicted octanol–water partition coefficient (Wildman–Crippen LogP) is 2.97. The zero-order chi connectivity index (χ0) is 13.3. The van der Waals surface area contributed by atoms with E-state index in [1.54, 1.807) is 0 Å². The minimum Gasteiger partial charge on any atom is -0.468 e. The molecule has 0 radical (unpaired) electrons. The van der Waals surface area contributed by atoms with E-state index in [1.165, 1.54) is 7.11 Å². The SMILES string of the molecule is CCC1(CC)CC(C(=O)OC)(C(=O)C(C)C)C1. The van der Waals surface area contributed by atoms with Crippen LogP contribution >= 0.6 is 0 Å². The number of ether oxygens (including phenoxy) is 1. The first kappa shape index (κ1) is 14.2. The summed E-state index contributed by atoms with van der Waals surface area (Å²) in [5.41, 5.74) is -0.687. The van der Waals surface area contributed by atoms with Gasteiger partial charge in [-0.3, -0.25) is 9.59 Å². The van der Waals surface area contributed by atoms with Crippen molar-refractivity contribution in [3.63, 3.8) is 0 Å². The Kier molecular flexibility index (Phi) is 4.00. The first-order valence-electron chi connectivity index (χ1n) is 6.50. The molecular weight excluding hydrogens is 216 g/mol. The Labute approximate surface area is 104 Å². The van der Waals surface area contributed by atoms with Gasteiger partial charge in [0.25, 0.3) is 0 Å². The fraction of sp³-hybridized carbons (Fsp3) is 0.857. The van der Waals surface area contributed by atoms with E-state index >= 15 is 0 Å². The van der Waals surface area contributed by atoms with Crippen molar-refractivity contribution in [2.24, 2.45) is 16.7 Å². The zero-order valence-corrected chi connectivity index (χ0v) is 11.6. The van der Waals surface area contributed by atoms with Crippen LogP contribution < -0.4 is 0 Å². The Morgan fingerprint density at radius 2 is 1.65 bits per heavy atom. The first-order valence-corrected chi connectivity index (χ1v) is 6.50. The number of hydrogen-bond donors (Lipinski definition) is 0. The molecule has 0 aliphatic heterocycles. The molecule has 17 heavy (non-hydrogen) atoms. The number of carbonyl (C=O) groups is 2. The molecule has 1 fully saturated rings. The second-order valence-corrected chi connectivity index (χ2v) is 5.65. The molecule has 0 bridgehead atoms. The van der Waals surface area contributed by atoms with Crippen molar-refractivity contribution >= 4 is 11.8 Å². The third-order valence-corrected chi connectivity index (χ3v) is 4.43. The normalized spacial score (nSPS) is 20.8. The van der Waals surface area contributed by atoms with Crippen molar-refractivity contribution in [1.29, 1.82) is 0 Å². The second-order valence-electron chi connectivity index (χ2n) is 5.65. The fourth-order valence-corrected chi connectivity index (χ4v) is 3.15. The van der Waals surface area contributed by atoms with Crippen molar-refractivity contribution < 1.29 is 14.3 Å². The van der Waals surface area contributed by atoms with Crippen LogP contribution in [-0.4, -0.2) is 18.9 Å². The number of esters is 1. The summed E-state index contributed by atoms with van der Waals surface area (Å²) in [6, 6.07) is 0. The van der Waals surface area contributed by atoms with Crippen LogP contribution in [0.1, 0.15) is 53.4 Å². The van der Waals surface area contributed by atoms with Crippen molar-refractivity contribution in [1.82, 2.24) is 0 Å². The number of carbonyl (C=O) groups excluding carboxylic acids is 2. The minimum atomic E-state index is -0.852. The van der Waals surface area contributed by atoms with Gasteiger partial charge in [0.05, 0.1) is 7.11 Å². The van der Waals surface area contributed by atoms with E-state index in [2.05, 4.69) is 13.8 Å². The molecule has 0 aromatic rings. The number of Topliss-reactive ketones (excluding diaryl/α,β-unsaturated/α-hetero) is 1. The molecule has 1 aliphatic carbocycles. The molecule has 0 unspecified atom stereocenters. The van der Waals surface area contributed by atoms with Crippen molar-refractivity contribution in [2.75, 3.05) is 7.11 Å². The largest absolute Gasteiger partial charge is 0.468 e. The Balaban J connectivity index is 2.95. The quantitative estimate of drug-likeness (QED) is 0.548. The lowest BCUT2D eigenvalue weighted by Crippen LogP contribution is -2.57. The van der Waals surface area contributed by atoms with Gasteiger partial charge in [-0.05, 0) is 18.3 Å². The van der Waals surface area contributed by atoms with E-state index in [0.717, 1.165) is 12.8 Å². The molecule has 3 nitrogen and oxygen atoms in total. The van der Waals surface area contributed by atoms with Crippen molar-refractivity contribution in [3.8, 4) is 0 Å².